The van der Waals surface area contributed by atoms with Crippen LogP contribution in [0.3, 0.4) is 0 Å². The molecule has 16 heavy (non-hydrogen) atoms. The number of urea groups is 1. The number of nitrogens with two attached hydrogens (primary N) is 1. The van der Waals surface area contributed by atoms with E-state index in [0.717, 1.165) is 5.56 Å². The number of primary amides is 1. The minimum absolute atomic E-state index is 0.166. The molecule has 0 aliphatic heterocycles. The lowest BCUT2D eigenvalue weighted by Crippen LogP contribution is -2.41. The first kappa shape index (κ1) is 12.5. The molecule has 0 spiro atoms. The second kappa shape index (κ2) is 4.52. The van der Waals surface area contributed by atoms with Gasteiger partial charge in [0.1, 0.15) is 5.37 Å². The van der Waals surface area contributed by atoms with E-state index in [2.05, 4.69) is 5.32 Å². The first-order valence-corrected chi connectivity index (χ1v) is 6.25. The fourth-order valence-electron chi connectivity index (χ4n) is 1.21. The van der Waals surface area contributed by atoms with E-state index in [1.165, 1.54) is 19.1 Å². The van der Waals surface area contributed by atoms with Crippen molar-refractivity contribution < 1.29 is 13.2 Å². The summed E-state index contributed by atoms with van der Waals surface area (Å²) in [5.41, 5.74) is 5.84. The van der Waals surface area contributed by atoms with Crippen molar-refractivity contribution in [3.63, 3.8) is 0 Å². The van der Waals surface area contributed by atoms with Gasteiger partial charge in [0.25, 0.3) is 0 Å². The van der Waals surface area contributed by atoms with Gasteiger partial charge in [-0.05, 0) is 26.0 Å². The Balaban J connectivity index is 3.02. The molecular weight excluding hydrogens is 228 g/mol. The Hall–Kier alpha value is -1.56. The molecule has 0 bridgehead atoms. The van der Waals surface area contributed by atoms with E-state index in [9.17, 15) is 13.2 Å². The van der Waals surface area contributed by atoms with Crippen LogP contribution >= 0.6 is 0 Å². The fraction of sp³-hybridized carbons (Fsp3) is 0.300. The van der Waals surface area contributed by atoms with Crippen LogP contribution in [0.4, 0.5) is 4.79 Å². The molecule has 0 saturated carbocycles. The number of amides is 2. The van der Waals surface area contributed by atoms with Gasteiger partial charge in [-0.2, -0.15) is 0 Å². The van der Waals surface area contributed by atoms with Crippen molar-refractivity contribution in [2.75, 3.05) is 0 Å². The maximum Gasteiger partial charge on any atom is 0.313 e. The number of carbonyl (C=O) groups excluding carboxylic acids is 1. The zero-order valence-electron chi connectivity index (χ0n) is 9.10. The third-order valence-corrected chi connectivity index (χ3v) is 4.14. The molecule has 0 aliphatic rings. The molecule has 0 aliphatic carbocycles. The van der Waals surface area contributed by atoms with Gasteiger partial charge < -0.3 is 11.1 Å². The molecule has 0 heterocycles. The van der Waals surface area contributed by atoms with Crippen LogP contribution in [0.1, 0.15) is 12.5 Å². The average molecular weight is 242 g/mol. The Kier molecular flexibility index (Phi) is 3.54. The molecule has 5 nitrogen and oxygen atoms in total. The summed E-state index contributed by atoms with van der Waals surface area (Å²) in [6.07, 6.45) is 0. The predicted octanol–water partition coefficient (Wildman–Crippen LogP) is 0.783. The minimum Gasteiger partial charge on any atom is -0.352 e. The topological polar surface area (TPSA) is 89.3 Å². The molecule has 1 rings (SSSR count). The van der Waals surface area contributed by atoms with Gasteiger partial charge in [0.2, 0.25) is 0 Å². The van der Waals surface area contributed by atoms with Crippen LogP contribution in [0, 0.1) is 6.92 Å². The van der Waals surface area contributed by atoms with E-state index in [4.69, 9.17) is 5.73 Å². The standard InChI is InChI=1S/C10H14N2O3S/c1-7-3-5-9(6-4-7)16(14,15)8(2)12-10(11)13/h3-6,8H,1-2H3,(H3,11,12,13). The first-order chi connectivity index (χ1) is 7.34. The van der Waals surface area contributed by atoms with Crippen LogP contribution in [0.2, 0.25) is 0 Å². The monoisotopic (exact) mass is 242 g/mol. The van der Waals surface area contributed by atoms with Crippen LogP contribution in [0.25, 0.3) is 0 Å². The third-order valence-electron chi connectivity index (χ3n) is 2.16. The summed E-state index contributed by atoms with van der Waals surface area (Å²) < 4.78 is 23.8. The molecule has 1 aromatic carbocycles. The largest absolute Gasteiger partial charge is 0.352 e. The predicted molar refractivity (Wildman–Crippen MR) is 60.5 cm³/mol. The van der Waals surface area contributed by atoms with Crippen LogP contribution in [-0.4, -0.2) is 19.8 Å². The lowest BCUT2D eigenvalue weighted by molar-refractivity contribution is 0.248. The van der Waals surface area contributed by atoms with Crippen molar-refractivity contribution in [2.24, 2.45) is 5.73 Å². The van der Waals surface area contributed by atoms with Gasteiger partial charge in [-0.3, -0.25) is 0 Å². The van der Waals surface area contributed by atoms with E-state index in [-0.39, 0.29) is 4.90 Å². The molecule has 0 radical (unpaired) electrons. The zero-order valence-corrected chi connectivity index (χ0v) is 9.91. The lowest BCUT2D eigenvalue weighted by Gasteiger charge is -2.13. The van der Waals surface area contributed by atoms with Crippen molar-refractivity contribution in [2.45, 2.75) is 24.1 Å². The minimum atomic E-state index is -3.56. The summed E-state index contributed by atoms with van der Waals surface area (Å²) in [5.74, 6) is 0. The number of benzene rings is 1. The molecular formula is C10H14N2O3S. The maximum atomic E-state index is 11.9. The Labute approximate surface area is 94.6 Å². The SMILES string of the molecule is Cc1ccc(S(=O)(=O)C(C)NC(N)=O)cc1. The Morgan fingerprint density at radius 1 is 1.31 bits per heavy atom. The van der Waals surface area contributed by atoms with E-state index in [1.807, 2.05) is 6.92 Å². The molecule has 0 saturated heterocycles. The normalized spacial score (nSPS) is 13.1. The molecule has 1 aromatic rings. The van der Waals surface area contributed by atoms with Crippen LogP contribution in [0.5, 0.6) is 0 Å². The maximum absolute atomic E-state index is 11.9. The van der Waals surface area contributed by atoms with Crippen LogP contribution in [-0.2, 0) is 9.84 Å². The Bertz CT molecular complexity index is 479. The zero-order chi connectivity index (χ0) is 12.3. The molecule has 3 N–H and O–H groups in total. The van der Waals surface area contributed by atoms with E-state index < -0.39 is 21.2 Å². The summed E-state index contributed by atoms with van der Waals surface area (Å²) in [4.78, 5) is 10.8. The summed E-state index contributed by atoms with van der Waals surface area (Å²) >= 11 is 0. The van der Waals surface area contributed by atoms with Crippen molar-refractivity contribution in [1.29, 1.82) is 0 Å². The summed E-state index contributed by atoms with van der Waals surface area (Å²) in [5, 5.41) is 1.11. The molecule has 2 amide bonds. The fourth-order valence-corrected chi connectivity index (χ4v) is 2.40. The smallest absolute Gasteiger partial charge is 0.313 e. The molecule has 6 heteroatoms. The molecule has 88 valence electrons. The van der Waals surface area contributed by atoms with E-state index in [1.54, 1.807) is 12.1 Å². The van der Waals surface area contributed by atoms with Crippen molar-refractivity contribution in [1.82, 2.24) is 5.32 Å². The highest BCUT2D eigenvalue weighted by molar-refractivity contribution is 7.92. The van der Waals surface area contributed by atoms with Crippen molar-refractivity contribution >= 4 is 15.9 Å². The number of hydrogen-bond donors (Lipinski definition) is 2. The van der Waals surface area contributed by atoms with Gasteiger partial charge in [0, 0.05) is 0 Å². The van der Waals surface area contributed by atoms with E-state index >= 15 is 0 Å². The Morgan fingerprint density at radius 2 is 1.81 bits per heavy atom. The second-order valence-electron chi connectivity index (χ2n) is 3.51. The summed E-state index contributed by atoms with van der Waals surface area (Å²) in [7, 11) is -3.56. The van der Waals surface area contributed by atoms with Gasteiger partial charge >= 0.3 is 6.03 Å². The van der Waals surface area contributed by atoms with Gasteiger partial charge in [-0.1, -0.05) is 17.7 Å². The quantitative estimate of drug-likeness (QED) is 0.820. The number of hydrogen-bond acceptors (Lipinski definition) is 3. The molecule has 0 fully saturated rings. The Morgan fingerprint density at radius 3 is 2.25 bits per heavy atom. The van der Waals surface area contributed by atoms with Crippen molar-refractivity contribution in [3.05, 3.63) is 29.8 Å². The second-order valence-corrected chi connectivity index (χ2v) is 5.78. The number of aryl methyl sites for hydroxylation is 1. The van der Waals surface area contributed by atoms with Gasteiger partial charge in [0.15, 0.2) is 9.84 Å². The highest BCUT2D eigenvalue weighted by Crippen LogP contribution is 2.15. The molecule has 0 aromatic heterocycles. The van der Waals surface area contributed by atoms with Crippen LogP contribution < -0.4 is 11.1 Å². The summed E-state index contributed by atoms with van der Waals surface area (Å²) in [6.45, 7) is 3.24. The van der Waals surface area contributed by atoms with E-state index in [0.29, 0.717) is 0 Å². The van der Waals surface area contributed by atoms with Gasteiger partial charge in [-0.25, -0.2) is 13.2 Å². The number of sulfone groups is 1. The van der Waals surface area contributed by atoms with Crippen LogP contribution in [0.15, 0.2) is 29.2 Å². The van der Waals surface area contributed by atoms with Gasteiger partial charge in [-0.15, -0.1) is 0 Å². The third kappa shape index (κ3) is 2.73. The van der Waals surface area contributed by atoms with Crippen molar-refractivity contribution in [3.8, 4) is 0 Å². The highest BCUT2D eigenvalue weighted by atomic mass is 32.2. The van der Waals surface area contributed by atoms with Gasteiger partial charge in [0.05, 0.1) is 4.90 Å². The average Bonchev–Trinajstić information content (AvgIpc) is 2.17. The first-order valence-electron chi connectivity index (χ1n) is 4.70. The number of nitrogens with one attached hydrogen (secondary N) is 1. The lowest BCUT2D eigenvalue weighted by atomic mass is 10.2. The molecule has 1 unspecified atom stereocenters. The highest BCUT2D eigenvalue weighted by Gasteiger charge is 2.23. The molecule has 1 atom stereocenters. The number of carbonyl (C=O) groups is 1. The summed E-state index contributed by atoms with van der Waals surface area (Å²) in [6, 6.07) is 5.55. The number of rotatable bonds is 3.